The molecule has 0 aliphatic carbocycles. The average molecular weight is 404 g/mol. The van der Waals surface area contributed by atoms with E-state index in [2.05, 4.69) is 5.16 Å². The number of benzene rings is 1. The van der Waals surface area contributed by atoms with Crippen LogP contribution < -0.4 is 0 Å². The molecule has 2 aromatic rings. The highest BCUT2D eigenvalue weighted by atomic mass is 35.5. The molecule has 1 aliphatic rings. The lowest BCUT2D eigenvalue weighted by atomic mass is 10.3. The van der Waals surface area contributed by atoms with Crippen molar-refractivity contribution in [2.45, 2.75) is 11.8 Å². The minimum absolute atomic E-state index is 0.0776. The quantitative estimate of drug-likeness (QED) is 0.785. The fraction of sp³-hybridized carbons (Fsp3) is 0.333. The standard InChI is InChI=1S/C15H15Cl2N3O4S/c1-10-8-14(18-24-10)15(21)19-4-6-20(7-5-19)25(22,23)11-2-3-12(16)13(17)9-11/h2-3,8-9H,4-7H2,1H3. The van der Waals surface area contributed by atoms with Crippen LogP contribution in [0.1, 0.15) is 16.2 Å². The Bertz CT molecular complexity index is 905. The normalized spacial score (nSPS) is 16.2. The number of carbonyl (C=O) groups excluding carboxylic acids is 1. The molecule has 1 aliphatic heterocycles. The summed E-state index contributed by atoms with van der Waals surface area (Å²) >= 11 is 11.7. The SMILES string of the molecule is Cc1cc(C(=O)N2CCN(S(=O)(=O)c3ccc(Cl)c(Cl)c3)CC2)no1. The number of aromatic nitrogens is 1. The van der Waals surface area contributed by atoms with Crippen LogP contribution in [0.2, 0.25) is 10.0 Å². The zero-order valence-electron chi connectivity index (χ0n) is 13.3. The van der Waals surface area contributed by atoms with Crippen molar-refractivity contribution >= 4 is 39.1 Å². The van der Waals surface area contributed by atoms with E-state index in [0.717, 1.165) is 0 Å². The number of amides is 1. The van der Waals surface area contributed by atoms with Gasteiger partial charge < -0.3 is 9.42 Å². The highest BCUT2D eigenvalue weighted by Crippen LogP contribution is 2.27. The van der Waals surface area contributed by atoms with Gasteiger partial charge in [-0.25, -0.2) is 8.42 Å². The smallest absolute Gasteiger partial charge is 0.276 e. The molecule has 0 spiro atoms. The zero-order valence-corrected chi connectivity index (χ0v) is 15.6. The van der Waals surface area contributed by atoms with Crippen molar-refractivity contribution in [2.24, 2.45) is 0 Å². The van der Waals surface area contributed by atoms with Crippen LogP contribution in [0.3, 0.4) is 0 Å². The van der Waals surface area contributed by atoms with Gasteiger partial charge in [0.05, 0.1) is 14.9 Å². The summed E-state index contributed by atoms with van der Waals surface area (Å²) in [7, 11) is -3.69. The van der Waals surface area contributed by atoms with Crippen LogP contribution in [0.15, 0.2) is 33.7 Å². The zero-order chi connectivity index (χ0) is 18.2. The lowest BCUT2D eigenvalue weighted by Crippen LogP contribution is -2.50. The van der Waals surface area contributed by atoms with Crippen LogP contribution in [-0.4, -0.2) is 54.9 Å². The molecule has 2 heterocycles. The van der Waals surface area contributed by atoms with Gasteiger partial charge in [-0.1, -0.05) is 28.4 Å². The van der Waals surface area contributed by atoms with Crippen molar-refractivity contribution in [1.29, 1.82) is 0 Å². The summed E-state index contributed by atoms with van der Waals surface area (Å²) in [6.45, 7) is 2.61. The van der Waals surface area contributed by atoms with Gasteiger partial charge in [0.15, 0.2) is 5.69 Å². The molecule has 0 N–H and O–H groups in total. The number of rotatable bonds is 3. The monoisotopic (exact) mass is 403 g/mol. The largest absolute Gasteiger partial charge is 0.361 e. The number of hydrogen-bond donors (Lipinski definition) is 0. The van der Waals surface area contributed by atoms with Gasteiger partial charge in [0, 0.05) is 32.2 Å². The van der Waals surface area contributed by atoms with Crippen molar-refractivity contribution in [2.75, 3.05) is 26.2 Å². The number of aryl methyl sites for hydroxylation is 1. The maximum absolute atomic E-state index is 12.7. The Labute approximate surface area is 155 Å². The first kappa shape index (κ1) is 18.2. The van der Waals surface area contributed by atoms with Crippen LogP contribution in [0.4, 0.5) is 0 Å². The fourth-order valence-electron chi connectivity index (χ4n) is 2.55. The third kappa shape index (κ3) is 3.67. The van der Waals surface area contributed by atoms with Crippen molar-refractivity contribution in [3.8, 4) is 0 Å². The molecule has 0 atom stereocenters. The first-order valence-corrected chi connectivity index (χ1v) is 9.66. The van der Waals surface area contributed by atoms with Crippen LogP contribution >= 0.6 is 23.2 Å². The first-order valence-electron chi connectivity index (χ1n) is 7.47. The second-order valence-corrected chi connectivity index (χ2v) is 8.35. The highest BCUT2D eigenvalue weighted by molar-refractivity contribution is 7.89. The number of nitrogens with zero attached hydrogens (tertiary/aromatic N) is 3. The second kappa shape index (κ2) is 6.95. The summed E-state index contributed by atoms with van der Waals surface area (Å²) < 4.78 is 31.6. The molecule has 0 radical (unpaired) electrons. The molecule has 1 fully saturated rings. The maximum atomic E-state index is 12.7. The highest BCUT2D eigenvalue weighted by Gasteiger charge is 2.31. The van der Waals surface area contributed by atoms with E-state index in [1.165, 1.54) is 22.5 Å². The van der Waals surface area contributed by atoms with E-state index in [1.54, 1.807) is 17.9 Å². The van der Waals surface area contributed by atoms with E-state index in [1.807, 2.05) is 0 Å². The molecule has 1 aromatic carbocycles. The Kier molecular flexibility index (Phi) is 5.06. The Hall–Kier alpha value is -1.61. The van der Waals surface area contributed by atoms with Gasteiger partial charge in [-0.3, -0.25) is 4.79 Å². The Morgan fingerprint density at radius 1 is 1.12 bits per heavy atom. The number of halogens is 2. The Balaban J connectivity index is 1.71. The topological polar surface area (TPSA) is 83.7 Å². The number of carbonyl (C=O) groups is 1. The number of hydrogen-bond acceptors (Lipinski definition) is 5. The summed E-state index contributed by atoms with van der Waals surface area (Å²) in [6.07, 6.45) is 0. The molecule has 1 saturated heterocycles. The van der Waals surface area contributed by atoms with Crippen LogP contribution in [-0.2, 0) is 10.0 Å². The van der Waals surface area contributed by atoms with Crippen LogP contribution in [0.25, 0.3) is 0 Å². The van der Waals surface area contributed by atoms with Gasteiger partial charge in [0.2, 0.25) is 10.0 Å². The summed E-state index contributed by atoms with van der Waals surface area (Å²) in [5.41, 5.74) is 0.221. The second-order valence-electron chi connectivity index (χ2n) is 5.60. The minimum Gasteiger partial charge on any atom is -0.361 e. The summed E-state index contributed by atoms with van der Waals surface area (Å²) in [6, 6.07) is 5.75. The van der Waals surface area contributed by atoms with E-state index < -0.39 is 10.0 Å². The molecule has 7 nitrogen and oxygen atoms in total. The number of piperazine rings is 1. The minimum atomic E-state index is -3.69. The lowest BCUT2D eigenvalue weighted by Gasteiger charge is -2.33. The summed E-state index contributed by atoms with van der Waals surface area (Å²) in [4.78, 5) is 14.0. The van der Waals surface area contributed by atoms with Crippen molar-refractivity contribution < 1.29 is 17.7 Å². The fourth-order valence-corrected chi connectivity index (χ4v) is 4.36. The maximum Gasteiger partial charge on any atom is 0.276 e. The predicted octanol–water partition coefficient (Wildman–Crippen LogP) is 2.44. The van der Waals surface area contributed by atoms with Gasteiger partial charge >= 0.3 is 0 Å². The molecular weight excluding hydrogens is 389 g/mol. The van der Waals surface area contributed by atoms with E-state index >= 15 is 0 Å². The molecule has 3 rings (SSSR count). The first-order chi connectivity index (χ1) is 11.8. The van der Waals surface area contributed by atoms with E-state index in [9.17, 15) is 13.2 Å². The molecule has 0 bridgehead atoms. The predicted molar refractivity (Wildman–Crippen MR) is 92.4 cm³/mol. The molecule has 0 saturated carbocycles. The van der Waals surface area contributed by atoms with E-state index in [-0.39, 0.29) is 47.7 Å². The third-order valence-electron chi connectivity index (χ3n) is 3.90. The molecular formula is C15H15Cl2N3O4S. The third-order valence-corrected chi connectivity index (χ3v) is 6.54. The van der Waals surface area contributed by atoms with Gasteiger partial charge in [0.1, 0.15) is 5.76 Å². The van der Waals surface area contributed by atoms with E-state index in [0.29, 0.717) is 10.8 Å². The van der Waals surface area contributed by atoms with Gasteiger partial charge in [0.25, 0.3) is 5.91 Å². The Morgan fingerprint density at radius 3 is 2.36 bits per heavy atom. The molecule has 1 amide bonds. The summed E-state index contributed by atoms with van der Waals surface area (Å²) in [5, 5.41) is 4.17. The summed E-state index contributed by atoms with van der Waals surface area (Å²) in [5.74, 6) is 0.271. The number of sulfonamides is 1. The van der Waals surface area contributed by atoms with Crippen LogP contribution in [0, 0.1) is 6.92 Å². The average Bonchev–Trinajstić information content (AvgIpc) is 3.03. The lowest BCUT2D eigenvalue weighted by molar-refractivity contribution is 0.0687. The van der Waals surface area contributed by atoms with Crippen molar-refractivity contribution in [3.63, 3.8) is 0 Å². The van der Waals surface area contributed by atoms with E-state index in [4.69, 9.17) is 27.7 Å². The molecule has 0 unspecified atom stereocenters. The van der Waals surface area contributed by atoms with Gasteiger partial charge in [-0.05, 0) is 25.1 Å². The van der Waals surface area contributed by atoms with Gasteiger partial charge in [-0.15, -0.1) is 0 Å². The van der Waals surface area contributed by atoms with Gasteiger partial charge in [-0.2, -0.15) is 4.31 Å². The Morgan fingerprint density at radius 2 is 1.80 bits per heavy atom. The molecule has 1 aromatic heterocycles. The molecule has 10 heteroatoms. The molecule has 25 heavy (non-hydrogen) atoms. The van der Waals surface area contributed by atoms with Crippen molar-refractivity contribution in [1.82, 2.24) is 14.4 Å². The molecule has 134 valence electrons. The van der Waals surface area contributed by atoms with Crippen molar-refractivity contribution in [3.05, 3.63) is 45.8 Å². The van der Waals surface area contributed by atoms with Crippen LogP contribution in [0.5, 0.6) is 0 Å².